The van der Waals surface area contributed by atoms with E-state index in [4.69, 9.17) is 4.74 Å². The fourth-order valence-electron chi connectivity index (χ4n) is 1.76. The van der Waals surface area contributed by atoms with Gasteiger partial charge < -0.3 is 10.2 Å². The van der Waals surface area contributed by atoms with E-state index in [1.54, 1.807) is 18.3 Å². The first-order chi connectivity index (χ1) is 8.29. The van der Waals surface area contributed by atoms with Gasteiger partial charge in [0.15, 0.2) is 11.6 Å². The number of hydrogen-bond donors (Lipinski definition) is 1. The zero-order valence-corrected chi connectivity index (χ0v) is 9.95. The Kier molecular flexibility index (Phi) is 3.96. The first-order valence-electron chi connectivity index (χ1n) is 5.89. The molecule has 0 aliphatic heterocycles. The smallest absolute Gasteiger partial charge is 0.165 e. The van der Waals surface area contributed by atoms with Crippen molar-refractivity contribution in [3.05, 3.63) is 29.6 Å². The van der Waals surface area contributed by atoms with Crippen molar-refractivity contribution in [1.82, 2.24) is 5.43 Å². The standard InChI is InChI=1S/C13H17FN2O/c1-17-13-7-11(5-6-12(13)14)9-16-15-8-10-3-2-4-10/h5-7,9-10,15H,2-4,8H2,1H3/b16-9+. The maximum Gasteiger partial charge on any atom is 0.165 e. The normalized spacial score (nSPS) is 15.9. The molecule has 1 aromatic rings. The van der Waals surface area contributed by atoms with Crippen LogP contribution in [-0.4, -0.2) is 19.9 Å². The topological polar surface area (TPSA) is 33.6 Å². The molecule has 2 rings (SSSR count). The van der Waals surface area contributed by atoms with Gasteiger partial charge in [0.2, 0.25) is 0 Å². The highest BCUT2D eigenvalue weighted by molar-refractivity contribution is 5.80. The highest BCUT2D eigenvalue weighted by Gasteiger charge is 2.15. The van der Waals surface area contributed by atoms with Crippen LogP contribution in [0.3, 0.4) is 0 Å². The number of halogens is 1. The third-order valence-electron chi connectivity index (χ3n) is 3.08. The van der Waals surface area contributed by atoms with Crippen LogP contribution in [0.5, 0.6) is 5.75 Å². The number of nitrogens with one attached hydrogen (secondary N) is 1. The zero-order chi connectivity index (χ0) is 12.1. The average molecular weight is 236 g/mol. The van der Waals surface area contributed by atoms with Crippen molar-refractivity contribution in [2.24, 2.45) is 11.0 Å². The second kappa shape index (κ2) is 5.66. The molecular weight excluding hydrogens is 219 g/mol. The average Bonchev–Trinajstić information content (AvgIpc) is 2.28. The molecular formula is C13H17FN2O. The summed E-state index contributed by atoms with van der Waals surface area (Å²) in [4.78, 5) is 0. The van der Waals surface area contributed by atoms with Crippen LogP contribution in [0.15, 0.2) is 23.3 Å². The third-order valence-corrected chi connectivity index (χ3v) is 3.08. The van der Waals surface area contributed by atoms with Gasteiger partial charge in [-0.1, -0.05) is 12.5 Å². The highest BCUT2D eigenvalue weighted by atomic mass is 19.1. The summed E-state index contributed by atoms with van der Waals surface area (Å²) in [6.07, 6.45) is 5.62. The molecule has 0 radical (unpaired) electrons. The van der Waals surface area contributed by atoms with E-state index in [9.17, 15) is 4.39 Å². The van der Waals surface area contributed by atoms with Crippen LogP contribution in [0.25, 0.3) is 0 Å². The van der Waals surface area contributed by atoms with E-state index in [-0.39, 0.29) is 11.6 Å². The van der Waals surface area contributed by atoms with Crippen LogP contribution in [0.2, 0.25) is 0 Å². The molecule has 0 bridgehead atoms. The van der Waals surface area contributed by atoms with E-state index >= 15 is 0 Å². The lowest BCUT2D eigenvalue weighted by atomic mass is 9.86. The van der Waals surface area contributed by atoms with E-state index in [0.29, 0.717) is 0 Å². The molecule has 0 aromatic heterocycles. The van der Waals surface area contributed by atoms with E-state index in [1.807, 2.05) is 0 Å². The summed E-state index contributed by atoms with van der Waals surface area (Å²) in [6.45, 7) is 0.925. The minimum Gasteiger partial charge on any atom is -0.494 e. The fourth-order valence-corrected chi connectivity index (χ4v) is 1.76. The van der Waals surface area contributed by atoms with Gasteiger partial charge in [-0.25, -0.2) is 4.39 Å². The molecule has 92 valence electrons. The van der Waals surface area contributed by atoms with Crippen LogP contribution in [-0.2, 0) is 0 Å². The van der Waals surface area contributed by atoms with Gasteiger partial charge >= 0.3 is 0 Å². The van der Waals surface area contributed by atoms with Gasteiger partial charge in [-0.05, 0) is 36.5 Å². The van der Waals surface area contributed by atoms with Crippen molar-refractivity contribution >= 4 is 6.21 Å². The summed E-state index contributed by atoms with van der Waals surface area (Å²) in [5.41, 5.74) is 3.85. The molecule has 0 saturated heterocycles. The molecule has 3 nitrogen and oxygen atoms in total. The monoisotopic (exact) mass is 236 g/mol. The number of benzene rings is 1. The Morgan fingerprint density at radius 2 is 2.35 bits per heavy atom. The number of rotatable bonds is 5. The zero-order valence-electron chi connectivity index (χ0n) is 9.95. The molecule has 0 heterocycles. The molecule has 1 N–H and O–H groups in total. The summed E-state index contributed by atoms with van der Waals surface area (Å²) in [6, 6.07) is 4.68. The van der Waals surface area contributed by atoms with Crippen molar-refractivity contribution in [3.8, 4) is 5.75 Å². The Labute approximate surface area is 101 Å². The summed E-state index contributed by atoms with van der Waals surface area (Å²) >= 11 is 0. The summed E-state index contributed by atoms with van der Waals surface area (Å²) in [5, 5.41) is 4.12. The Morgan fingerprint density at radius 1 is 1.53 bits per heavy atom. The molecule has 1 aliphatic rings. The quantitative estimate of drug-likeness (QED) is 0.629. The summed E-state index contributed by atoms with van der Waals surface area (Å²) in [5.74, 6) is 0.662. The Balaban J connectivity index is 1.86. The van der Waals surface area contributed by atoms with Gasteiger partial charge in [-0.3, -0.25) is 0 Å². The Bertz CT molecular complexity index is 402. The van der Waals surface area contributed by atoms with E-state index in [1.165, 1.54) is 32.4 Å². The van der Waals surface area contributed by atoms with Crippen molar-refractivity contribution in [2.45, 2.75) is 19.3 Å². The van der Waals surface area contributed by atoms with Crippen molar-refractivity contribution in [1.29, 1.82) is 0 Å². The molecule has 1 aliphatic carbocycles. The van der Waals surface area contributed by atoms with Gasteiger partial charge in [0.05, 0.1) is 13.3 Å². The predicted octanol–water partition coefficient (Wildman–Crippen LogP) is 2.56. The van der Waals surface area contributed by atoms with Crippen molar-refractivity contribution < 1.29 is 9.13 Å². The lowest BCUT2D eigenvalue weighted by Crippen LogP contribution is -2.23. The van der Waals surface area contributed by atoms with Gasteiger partial charge in [-0.2, -0.15) is 5.10 Å². The fraction of sp³-hybridized carbons (Fsp3) is 0.462. The van der Waals surface area contributed by atoms with Gasteiger partial charge in [0.1, 0.15) is 0 Å². The number of hydrogen-bond acceptors (Lipinski definition) is 3. The second-order valence-electron chi connectivity index (χ2n) is 4.31. The van der Waals surface area contributed by atoms with Crippen LogP contribution in [0.4, 0.5) is 4.39 Å². The summed E-state index contributed by atoms with van der Waals surface area (Å²) in [7, 11) is 1.45. The van der Waals surface area contributed by atoms with Crippen LogP contribution in [0, 0.1) is 11.7 Å². The first kappa shape index (κ1) is 11.9. The molecule has 1 saturated carbocycles. The minimum atomic E-state index is -0.355. The van der Waals surface area contributed by atoms with Crippen molar-refractivity contribution in [3.63, 3.8) is 0 Å². The molecule has 4 heteroatoms. The predicted molar refractivity (Wildman–Crippen MR) is 65.9 cm³/mol. The van der Waals surface area contributed by atoms with Gasteiger partial charge in [0, 0.05) is 6.54 Å². The molecule has 0 unspecified atom stereocenters. The van der Waals surface area contributed by atoms with Crippen molar-refractivity contribution in [2.75, 3.05) is 13.7 Å². The SMILES string of the molecule is COc1cc(/C=N/NCC2CCC2)ccc1F. The summed E-state index contributed by atoms with van der Waals surface area (Å²) < 4.78 is 18.0. The first-order valence-corrected chi connectivity index (χ1v) is 5.89. The minimum absolute atomic E-state index is 0.243. The largest absolute Gasteiger partial charge is 0.494 e. The molecule has 1 fully saturated rings. The Hall–Kier alpha value is -1.58. The van der Waals surface area contributed by atoms with Crippen LogP contribution in [0.1, 0.15) is 24.8 Å². The molecule has 0 spiro atoms. The number of hydrazone groups is 1. The Morgan fingerprint density at radius 3 is 3.00 bits per heavy atom. The van der Waals surface area contributed by atoms with Crippen LogP contribution < -0.4 is 10.2 Å². The van der Waals surface area contributed by atoms with E-state index in [2.05, 4.69) is 10.5 Å². The maximum atomic E-state index is 13.1. The lowest BCUT2D eigenvalue weighted by molar-refractivity contribution is 0.304. The highest BCUT2D eigenvalue weighted by Crippen LogP contribution is 2.25. The van der Waals surface area contributed by atoms with Gasteiger partial charge in [-0.15, -0.1) is 0 Å². The molecule has 1 aromatic carbocycles. The lowest BCUT2D eigenvalue weighted by Gasteiger charge is -2.24. The molecule has 0 amide bonds. The molecule has 0 atom stereocenters. The maximum absolute atomic E-state index is 13.1. The molecule has 17 heavy (non-hydrogen) atoms. The second-order valence-corrected chi connectivity index (χ2v) is 4.31. The van der Waals surface area contributed by atoms with Gasteiger partial charge in [0.25, 0.3) is 0 Å². The third kappa shape index (κ3) is 3.19. The van der Waals surface area contributed by atoms with E-state index in [0.717, 1.165) is 18.0 Å². The van der Waals surface area contributed by atoms with E-state index < -0.39 is 0 Å². The number of methoxy groups -OCH3 is 1. The van der Waals surface area contributed by atoms with Crippen LogP contribution >= 0.6 is 0 Å². The number of nitrogens with zero attached hydrogens (tertiary/aromatic N) is 1. The number of ether oxygens (including phenoxy) is 1.